The highest BCUT2D eigenvalue weighted by Gasteiger charge is 2.29. The van der Waals surface area contributed by atoms with Crippen LogP contribution in [0.3, 0.4) is 0 Å². The van der Waals surface area contributed by atoms with Crippen molar-refractivity contribution in [2.24, 2.45) is 0 Å². The summed E-state index contributed by atoms with van der Waals surface area (Å²) in [5, 5.41) is 0.351. The van der Waals surface area contributed by atoms with E-state index >= 15 is 0 Å². The van der Waals surface area contributed by atoms with E-state index in [1.807, 2.05) is 31.4 Å². The predicted octanol–water partition coefficient (Wildman–Crippen LogP) is 3.94. The molecule has 1 aliphatic heterocycles. The molecule has 0 bridgehead atoms. The quantitative estimate of drug-likeness (QED) is 0.586. The molecule has 35 heavy (non-hydrogen) atoms. The first-order valence-electron chi connectivity index (χ1n) is 11.9. The number of pyridine rings is 1. The number of carbonyl (C=O) groups excluding carboxylic acids is 1. The van der Waals surface area contributed by atoms with Crippen LogP contribution in [0.15, 0.2) is 27.8 Å². The molecule has 2 aromatic heterocycles. The summed E-state index contributed by atoms with van der Waals surface area (Å²) in [4.78, 5) is 41.9. The Hall–Kier alpha value is -2.98. The minimum absolute atomic E-state index is 0.114. The number of hydrogen-bond acceptors (Lipinski definition) is 6. The minimum Gasteiger partial charge on any atom is -0.444 e. The van der Waals surface area contributed by atoms with E-state index in [4.69, 9.17) is 4.74 Å². The largest absolute Gasteiger partial charge is 0.444 e. The Morgan fingerprint density at radius 2 is 1.91 bits per heavy atom. The molecule has 3 aromatic rings. The number of carbonyl (C=O) groups is 1. The molecule has 1 N–H and O–H groups in total. The number of aromatic amines is 1. The second-order valence-corrected chi connectivity index (χ2v) is 11.0. The SMILES string of the molecule is CC(C)(C)OC(=O)N1CCN(C/C=C/c2cc3c(cc2F)c(=O)c2c(=O)[nH]sc2n3C2CC2)CC1. The Morgan fingerprint density at radius 1 is 1.20 bits per heavy atom. The maximum atomic E-state index is 15.0. The molecule has 1 saturated heterocycles. The fourth-order valence-corrected chi connectivity index (χ4v) is 5.38. The van der Waals surface area contributed by atoms with E-state index < -0.39 is 22.4 Å². The lowest BCUT2D eigenvalue weighted by atomic mass is 10.1. The molecule has 3 heterocycles. The van der Waals surface area contributed by atoms with Crippen LogP contribution in [0.5, 0.6) is 0 Å². The highest BCUT2D eigenvalue weighted by molar-refractivity contribution is 7.12. The zero-order valence-electron chi connectivity index (χ0n) is 20.1. The number of rotatable bonds is 4. The van der Waals surface area contributed by atoms with E-state index in [1.165, 1.54) is 6.07 Å². The lowest BCUT2D eigenvalue weighted by Gasteiger charge is -2.35. The van der Waals surface area contributed by atoms with Crippen LogP contribution in [-0.4, -0.2) is 63.2 Å². The van der Waals surface area contributed by atoms with Gasteiger partial charge in [-0.25, -0.2) is 9.18 Å². The zero-order chi connectivity index (χ0) is 24.9. The molecule has 0 atom stereocenters. The van der Waals surface area contributed by atoms with Crippen LogP contribution in [0.1, 0.15) is 45.2 Å². The maximum Gasteiger partial charge on any atom is 0.410 e. The summed E-state index contributed by atoms with van der Waals surface area (Å²) in [5.41, 5.74) is -0.293. The molecule has 8 nitrogen and oxygen atoms in total. The van der Waals surface area contributed by atoms with Gasteiger partial charge in [-0.1, -0.05) is 12.2 Å². The van der Waals surface area contributed by atoms with Crippen molar-refractivity contribution in [3.63, 3.8) is 0 Å². The number of halogens is 1. The smallest absolute Gasteiger partial charge is 0.410 e. The van der Waals surface area contributed by atoms with Gasteiger partial charge in [0, 0.05) is 49.7 Å². The summed E-state index contributed by atoms with van der Waals surface area (Å²) in [6.45, 7) is 8.74. The van der Waals surface area contributed by atoms with Gasteiger partial charge in [0.2, 0.25) is 5.43 Å². The monoisotopic (exact) mass is 500 g/mol. The minimum atomic E-state index is -0.518. The number of piperazine rings is 1. The van der Waals surface area contributed by atoms with Gasteiger partial charge < -0.3 is 14.2 Å². The molecule has 1 aromatic carbocycles. The third-order valence-corrected chi connectivity index (χ3v) is 7.23. The van der Waals surface area contributed by atoms with Crippen molar-refractivity contribution in [3.8, 4) is 0 Å². The lowest BCUT2D eigenvalue weighted by Crippen LogP contribution is -2.49. The molecule has 5 rings (SSSR count). The molecule has 2 aliphatic rings. The van der Waals surface area contributed by atoms with Crippen molar-refractivity contribution in [1.82, 2.24) is 18.7 Å². The van der Waals surface area contributed by atoms with Gasteiger partial charge >= 0.3 is 6.09 Å². The summed E-state index contributed by atoms with van der Waals surface area (Å²) in [5.74, 6) is -0.492. The molecule has 186 valence electrons. The Morgan fingerprint density at radius 3 is 2.57 bits per heavy atom. The van der Waals surface area contributed by atoms with Crippen LogP contribution in [-0.2, 0) is 4.74 Å². The number of hydrogen-bond donors (Lipinski definition) is 1. The molecule has 1 saturated carbocycles. The van der Waals surface area contributed by atoms with E-state index in [0.717, 1.165) is 24.4 Å². The molecule has 1 aliphatic carbocycles. The average molecular weight is 501 g/mol. The summed E-state index contributed by atoms with van der Waals surface area (Å²) in [6, 6.07) is 3.19. The van der Waals surface area contributed by atoms with Crippen molar-refractivity contribution in [2.45, 2.75) is 45.3 Å². The van der Waals surface area contributed by atoms with Gasteiger partial charge in [0.25, 0.3) is 5.56 Å². The number of amides is 1. The van der Waals surface area contributed by atoms with Gasteiger partial charge in [0.1, 0.15) is 21.6 Å². The normalized spacial score (nSPS) is 17.7. The zero-order valence-corrected chi connectivity index (χ0v) is 20.9. The average Bonchev–Trinajstić information content (AvgIpc) is 3.56. The summed E-state index contributed by atoms with van der Waals surface area (Å²) >= 11 is 1.16. The van der Waals surface area contributed by atoms with E-state index in [0.29, 0.717) is 48.6 Å². The maximum absolute atomic E-state index is 15.0. The Balaban J connectivity index is 1.34. The van der Waals surface area contributed by atoms with Crippen molar-refractivity contribution in [3.05, 3.63) is 50.2 Å². The summed E-state index contributed by atoms with van der Waals surface area (Å²) in [7, 11) is 0. The molecule has 0 radical (unpaired) electrons. The molecule has 0 spiro atoms. The summed E-state index contributed by atoms with van der Waals surface area (Å²) in [6.07, 6.45) is 5.28. The van der Waals surface area contributed by atoms with E-state index in [9.17, 15) is 18.8 Å². The number of H-pyrrole nitrogens is 1. The van der Waals surface area contributed by atoms with Crippen LogP contribution in [0.2, 0.25) is 0 Å². The first kappa shape index (κ1) is 23.7. The van der Waals surface area contributed by atoms with Crippen molar-refractivity contribution in [1.29, 1.82) is 0 Å². The third-order valence-electron chi connectivity index (χ3n) is 6.34. The molecule has 2 fully saturated rings. The van der Waals surface area contributed by atoms with Gasteiger partial charge in [0.15, 0.2) is 0 Å². The molecular weight excluding hydrogens is 471 g/mol. The standard InChI is InChI=1S/C25H29FN4O4S/c1-25(2,3)34-24(33)29-11-9-28(10-12-29)8-4-5-15-13-19-17(14-18(15)26)21(31)20-22(32)27-35-23(20)30(19)16-6-7-16/h4-5,13-14,16H,6-12H2,1-3H3,(H,27,32)/b5-4+. The van der Waals surface area contributed by atoms with Crippen LogP contribution >= 0.6 is 11.5 Å². The van der Waals surface area contributed by atoms with Crippen LogP contribution in [0.25, 0.3) is 27.2 Å². The van der Waals surface area contributed by atoms with Gasteiger partial charge in [-0.05, 0) is 57.3 Å². The second kappa shape index (κ2) is 8.91. The van der Waals surface area contributed by atoms with E-state index in [1.54, 1.807) is 17.0 Å². The lowest BCUT2D eigenvalue weighted by molar-refractivity contribution is 0.0154. The van der Waals surface area contributed by atoms with Gasteiger partial charge in [-0.3, -0.25) is 18.9 Å². The Kier molecular flexibility index (Phi) is 6.04. The highest BCUT2D eigenvalue weighted by Crippen LogP contribution is 2.40. The van der Waals surface area contributed by atoms with Crippen LogP contribution in [0, 0.1) is 5.82 Å². The number of benzene rings is 1. The van der Waals surface area contributed by atoms with Gasteiger partial charge in [-0.15, -0.1) is 0 Å². The third kappa shape index (κ3) is 4.77. The second-order valence-electron chi connectivity index (χ2n) is 10.2. The molecule has 10 heteroatoms. The summed E-state index contributed by atoms with van der Waals surface area (Å²) < 4.78 is 25.1. The Bertz CT molecular complexity index is 1440. The number of nitrogens with one attached hydrogen (secondary N) is 1. The van der Waals surface area contributed by atoms with Crippen LogP contribution in [0.4, 0.5) is 9.18 Å². The van der Waals surface area contributed by atoms with Gasteiger partial charge in [-0.2, -0.15) is 0 Å². The Labute approximate surface area is 205 Å². The number of ether oxygens (including phenoxy) is 1. The van der Waals surface area contributed by atoms with E-state index in [2.05, 4.69) is 9.27 Å². The number of nitrogens with zero attached hydrogens (tertiary/aromatic N) is 3. The topological polar surface area (TPSA) is 87.6 Å². The molecule has 0 unspecified atom stereocenters. The first-order valence-corrected chi connectivity index (χ1v) is 12.7. The number of aromatic nitrogens is 2. The first-order chi connectivity index (χ1) is 16.6. The predicted molar refractivity (Wildman–Crippen MR) is 136 cm³/mol. The number of fused-ring (bicyclic) bond motifs is 2. The van der Waals surface area contributed by atoms with Crippen molar-refractivity contribution in [2.75, 3.05) is 32.7 Å². The van der Waals surface area contributed by atoms with Gasteiger partial charge in [0.05, 0.1) is 5.52 Å². The molecule has 1 amide bonds. The van der Waals surface area contributed by atoms with Crippen molar-refractivity contribution >= 4 is 44.8 Å². The molecular formula is C25H29FN4O4S. The van der Waals surface area contributed by atoms with E-state index in [-0.39, 0.29) is 22.9 Å². The highest BCUT2D eigenvalue weighted by atomic mass is 32.1. The van der Waals surface area contributed by atoms with Crippen LogP contribution < -0.4 is 11.0 Å². The van der Waals surface area contributed by atoms with Crippen molar-refractivity contribution < 1.29 is 13.9 Å². The fraction of sp³-hybridized carbons (Fsp3) is 0.480. The fourth-order valence-electron chi connectivity index (χ4n) is 4.46.